The summed E-state index contributed by atoms with van der Waals surface area (Å²) in [6.45, 7) is 4.71. The van der Waals surface area contributed by atoms with Crippen LogP contribution >= 0.6 is 19.3 Å². The molecule has 0 radical (unpaired) electrons. The van der Waals surface area contributed by atoms with E-state index < -0.39 is 7.75 Å². The molecule has 8 heteroatoms. The van der Waals surface area contributed by atoms with Crippen LogP contribution in [0.1, 0.15) is 44.6 Å². The summed E-state index contributed by atoms with van der Waals surface area (Å²) in [5.41, 5.74) is 3.03. The number of hydrogen-bond donors (Lipinski definition) is 1. The van der Waals surface area contributed by atoms with Crippen molar-refractivity contribution in [1.82, 2.24) is 9.24 Å². The number of nitrogens with zero attached hydrogens (tertiary/aromatic N) is 2. The standard InChI is InChI=1S/C23H27ClFN2O3P/c1-3-16(2)30-31(28,29)26-12-10-17(11-13-26)22-15-27(20-7-5-19(25)6-8-20)23-9-4-18(24)14-21(22)23/h4-9,14-17H,3,10-13H2,1-2H3,(H,28,29). The summed E-state index contributed by atoms with van der Waals surface area (Å²) < 4.78 is 35.1. The van der Waals surface area contributed by atoms with Gasteiger partial charge in [-0.25, -0.2) is 13.6 Å². The maximum Gasteiger partial charge on any atom is 0.405 e. The minimum absolute atomic E-state index is 0.225. The summed E-state index contributed by atoms with van der Waals surface area (Å²) in [4.78, 5) is 10.4. The highest BCUT2D eigenvalue weighted by Crippen LogP contribution is 2.51. The molecule has 0 aliphatic carbocycles. The van der Waals surface area contributed by atoms with Crippen LogP contribution in [-0.2, 0) is 9.09 Å². The molecule has 1 aliphatic rings. The molecule has 2 unspecified atom stereocenters. The van der Waals surface area contributed by atoms with Crippen LogP contribution in [0.15, 0.2) is 48.7 Å². The minimum atomic E-state index is -3.79. The quantitative estimate of drug-likeness (QED) is 0.422. The van der Waals surface area contributed by atoms with Gasteiger partial charge >= 0.3 is 7.75 Å². The number of rotatable bonds is 6. The van der Waals surface area contributed by atoms with Crippen molar-refractivity contribution in [1.29, 1.82) is 0 Å². The second-order valence-electron chi connectivity index (χ2n) is 8.14. The Labute approximate surface area is 187 Å². The molecule has 5 nitrogen and oxygen atoms in total. The van der Waals surface area contributed by atoms with Crippen molar-refractivity contribution in [3.8, 4) is 5.69 Å². The monoisotopic (exact) mass is 464 g/mol. The molecule has 2 atom stereocenters. The van der Waals surface area contributed by atoms with Crippen LogP contribution in [0.3, 0.4) is 0 Å². The van der Waals surface area contributed by atoms with E-state index in [9.17, 15) is 13.8 Å². The van der Waals surface area contributed by atoms with Gasteiger partial charge in [-0.3, -0.25) is 4.52 Å². The highest BCUT2D eigenvalue weighted by atomic mass is 35.5. The zero-order valence-electron chi connectivity index (χ0n) is 17.7. The Morgan fingerprint density at radius 3 is 2.55 bits per heavy atom. The van der Waals surface area contributed by atoms with Gasteiger partial charge in [0.1, 0.15) is 5.82 Å². The average molecular weight is 465 g/mol. The fraction of sp³-hybridized carbons (Fsp3) is 0.391. The normalized spacial score (nSPS) is 18.9. The molecular weight excluding hydrogens is 438 g/mol. The van der Waals surface area contributed by atoms with Gasteiger partial charge in [0.25, 0.3) is 0 Å². The van der Waals surface area contributed by atoms with Gasteiger partial charge in [-0.1, -0.05) is 18.5 Å². The molecule has 1 fully saturated rings. The number of aromatic nitrogens is 1. The van der Waals surface area contributed by atoms with Gasteiger partial charge in [0, 0.05) is 35.4 Å². The van der Waals surface area contributed by atoms with E-state index in [4.69, 9.17) is 16.1 Å². The zero-order valence-corrected chi connectivity index (χ0v) is 19.3. The average Bonchev–Trinajstić information content (AvgIpc) is 3.12. The van der Waals surface area contributed by atoms with Crippen molar-refractivity contribution in [2.24, 2.45) is 0 Å². The van der Waals surface area contributed by atoms with E-state index >= 15 is 0 Å². The summed E-state index contributed by atoms with van der Waals surface area (Å²) in [5.74, 6) is -0.0496. The molecule has 166 valence electrons. The van der Waals surface area contributed by atoms with Crippen molar-refractivity contribution in [2.75, 3.05) is 13.1 Å². The molecule has 1 saturated heterocycles. The van der Waals surface area contributed by atoms with Crippen molar-refractivity contribution in [3.63, 3.8) is 0 Å². The molecule has 0 saturated carbocycles. The third kappa shape index (κ3) is 4.74. The van der Waals surface area contributed by atoms with Gasteiger partial charge in [-0.2, -0.15) is 0 Å². The summed E-state index contributed by atoms with van der Waals surface area (Å²) in [6.07, 6.45) is 3.99. The van der Waals surface area contributed by atoms with Crippen molar-refractivity contribution in [3.05, 3.63) is 65.1 Å². The van der Waals surface area contributed by atoms with Gasteiger partial charge in [-0.05, 0) is 80.1 Å². The van der Waals surface area contributed by atoms with E-state index in [1.165, 1.54) is 12.1 Å². The summed E-state index contributed by atoms with van der Waals surface area (Å²) >= 11 is 6.30. The largest absolute Gasteiger partial charge is 0.405 e. The fourth-order valence-corrected chi connectivity index (χ4v) is 5.83. The van der Waals surface area contributed by atoms with Gasteiger partial charge < -0.3 is 9.46 Å². The number of benzene rings is 2. The number of fused-ring (bicyclic) bond motifs is 1. The minimum Gasteiger partial charge on any atom is -0.316 e. The molecule has 0 amide bonds. The maximum absolute atomic E-state index is 13.4. The Kier molecular flexibility index (Phi) is 6.57. The Balaban J connectivity index is 1.61. The molecule has 0 bridgehead atoms. The number of halogens is 2. The van der Waals surface area contributed by atoms with Gasteiger partial charge in [0.15, 0.2) is 0 Å². The van der Waals surface area contributed by atoms with E-state index in [0.29, 0.717) is 24.5 Å². The molecule has 0 spiro atoms. The smallest absolute Gasteiger partial charge is 0.316 e. The number of piperidine rings is 1. The van der Waals surface area contributed by atoms with Crippen LogP contribution in [0.25, 0.3) is 16.6 Å². The number of hydrogen-bond acceptors (Lipinski definition) is 2. The molecular formula is C23H27ClFN2O3P. The maximum atomic E-state index is 13.4. The van der Waals surface area contributed by atoms with Crippen LogP contribution in [0.2, 0.25) is 5.02 Å². The molecule has 3 aromatic rings. The lowest BCUT2D eigenvalue weighted by atomic mass is 9.90. The second kappa shape index (κ2) is 9.05. The molecule has 1 aliphatic heterocycles. The molecule has 2 aromatic carbocycles. The second-order valence-corrected chi connectivity index (χ2v) is 10.3. The first-order chi connectivity index (χ1) is 14.8. The van der Waals surface area contributed by atoms with E-state index in [1.807, 2.05) is 32.0 Å². The first kappa shape index (κ1) is 22.5. The Hall–Kier alpha value is -1.69. The van der Waals surface area contributed by atoms with Gasteiger partial charge in [-0.15, -0.1) is 0 Å². The van der Waals surface area contributed by atoms with Crippen molar-refractivity contribution < 1.29 is 18.4 Å². The predicted octanol–water partition coefficient (Wildman–Crippen LogP) is 6.52. The molecule has 1 aromatic heterocycles. The molecule has 2 heterocycles. The highest BCUT2D eigenvalue weighted by molar-refractivity contribution is 7.50. The third-order valence-corrected chi connectivity index (χ3v) is 8.05. The lowest BCUT2D eigenvalue weighted by Gasteiger charge is -2.34. The van der Waals surface area contributed by atoms with Crippen LogP contribution in [0.4, 0.5) is 4.39 Å². The van der Waals surface area contributed by atoms with Gasteiger partial charge in [0.2, 0.25) is 0 Å². The van der Waals surface area contributed by atoms with E-state index in [0.717, 1.165) is 35.0 Å². The van der Waals surface area contributed by atoms with E-state index in [-0.39, 0.29) is 17.8 Å². The molecule has 1 N–H and O–H groups in total. The van der Waals surface area contributed by atoms with Crippen LogP contribution < -0.4 is 0 Å². The van der Waals surface area contributed by atoms with Gasteiger partial charge in [0.05, 0.1) is 11.6 Å². The van der Waals surface area contributed by atoms with Crippen LogP contribution in [0, 0.1) is 5.82 Å². The first-order valence-electron chi connectivity index (χ1n) is 10.6. The van der Waals surface area contributed by atoms with E-state index in [1.54, 1.807) is 16.8 Å². The lowest BCUT2D eigenvalue weighted by molar-refractivity contribution is 0.138. The fourth-order valence-electron chi connectivity index (χ4n) is 4.17. The SMILES string of the molecule is CCC(C)OP(=O)(O)N1CCC(c2cn(-c3ccc(F)cc3)c3ccc(Cl)cc23)CC1. The zero-order chi connectivity index (χ0) is 22.2. The molecule has 31 heavy (non-hydrogen) atoms. The third-order valence-electron chi connectivity index (χ3n) is 6.06. The van der Waals surface area contributed by atoms with Crippen molar-refractivity contribution in [2.45, 2.75) is 45.1 Å². The Morgan fingerprint density at radius 1 is 1.23 bits per heavy atom. The molecule has 4 rings (SSSR count). The van der Waals surface area contributed by atoms with Crippen LogP contribution in [0.5, 0.6) is 0 Å². The van der Waals surface area contributed by atoms with Crippen molar-refractivity contribution >= 4 is 30.3 Å². The van der Waals surface area contributed by atoms with E-state index in [2.05, 4.69) is 10.8 Å². The highest BCUT2D eigenvalue weighted by Gasteiger charge is 2.35. The van der Waals surface area contributed by atoms with Crippen LogP contribution in [-0.4, -0.2) is 33.3 Å². The predicted molar refractivity (Wildman–Crippen MR) is 122 cm³/mol. The summed E-state index contributed by atoms with van der Waals surface area (Å²) in [5, 5.41) is 1.71. The Bertz CT molecular complexity index is 1110. The Morgan fingerprint density at radius 2 is 1.90 bits per heavy atom. The summed E-state index contributed by atoms with van der Waals surface area (Å²) in [6, 6.07) is 12.2. The lowest BCUT2D eigenvalue weighted by Crippen LogP contribution is -2.32. The first-order valence-corrected chi connectivity index (χ1v) is 12.5. The summed E-state index contributed by atoms with van der Waals surface area (Å²) in [7, 11) is -3.79. The topological polar surface area (TPSA) is 54.7 Å².